The number of halogens is 3. The third-order valence-corrected chi connectivity index (χ3v) is 3.08. The summed E-state index contributed by atoms with van der Waals surface area (Å²) in [7, 11) is 0. The van der Waals surface area contributed by atoms with Gasteiger partial charge in [0.15, 0.2) is 0 Å². The van der Waals surface area contributed by atoms with Crippen molar-refractivity contribution in [3.8, 4) is 0 Å². The predicted molar refractivity (Wildman–Crippen MR) is 61.4 cm³/mol. The van der Waals surface area contributed by atoms with Gasteiger partial charge in [-0.25, -0.2) is 0 Å². The minimum absolute atomic E-state index is 0.0263. The van der Waals surface area contributed by atoms with Gasteiger partial charge in [-0.2, -0.15) is 13.2 Å². The SMILES string of the molecule is CCCNC(CCC(F)(F)F)C(C)C(C)C. The van der Waals surface area contributed by atoms with Crippen LogP contribution in [0.1, 0.15) is 47.0 Å². The van der Waals surface area contributed by atoms with E-state index in [1.54, 1.807) is 0 Å². The molecule has 2 atom stereocenters. The molecular formula is C12H24F3N. The quantitative estimate of drug-likeness (QED) is 0.708. The van der Waals surface area contributed by atoms with Crippen LogP contribution in [0.4, 0.5) is 13.2 Å². The van der Waals surface area contributed by atoms with Crippen LogP contribution in [-0.2, 0) is 0 Å². The number of hydrogen-bond acceptors (Lipinski definition) is 1. The fourth-order valence-corrected chi connectivity index (χ4v) is 1.66. The number of alkyl halides is 3. The first-order valence-electron chi connectivity index (χ1n) is 6.08. The van der Waals surface area contributed by atoms with Crippen molar-refractivity contribution in [1.82, 2.24) is 5.32 Å². The van der Waals surface area contributed by atoms with E-state index in [4.69, 9.17) is 0 Å². The molecule has 0 aromatic rings. The first-order chi connectivity index (χ1) is 7.28. The average Bonchev–Trinajstić information content (AvgIpc) is 2.15. The second-order valence-electron chi connectivity index (χ2n) is 4.82. The smallest absolute Gasteiger partial charge is 0.314 e. The lowest BCUT2D eigenvalue weighted by atomic mass is 9.87. The van der Waals surface area contributed by atoms with Crippen LogP contribution in [0, 0.1) is 11.8 Å². The minimum atomic E-state index is -4.04. The fraction of sp³-hybridized carbons (Fsp3) is 1.00. The number of rotatable bonds is 7. The van der Waals surface area contributed by atoms with Crippen molar-refractivity contribution in [3.63, 3.8) is 0 Å². The van der Waals surface area contributed by atoms with Crippen molar-refractivity contribution in [2.75, 3.05) is 6.54 Å². The molecule has 1 nitrogen and oxygen atoms in total. The monoisotopic (exact) mass is 239 g/mol. The topological polar surface area (TPSA) is 12.0 Å². The maximum absolute atomic E-state index is 12.2. The van der Waals surface area contributed by atoms with Crippen molar-refractivity contribution < 1.29 is 13.2 Å². The van der Waals surface area contributed by atoms with E-state index in [-0.39, 0.29) is 18.4 Å². The van der Waals surface area contributed by atoms with Gasteiger partial charge in [0, 0.05) is 12.5 Å². The van der Waals surface area contributed by atoms with Crippen molar-refractivity contribution >= 4 is 0 Å². The van der Waals surface area contributed by atoms with Gasteiger partial charge in [-0.3, -0.25) is 0 Å². The first kappa shape index (κ1) is 15.8. The maximum Gasteiger partial charge on any atom is 0.389 e. The lowest BCUT2D eigenvalue weighted by Gasteiger charge is -2.28. The molecule has 0 heterocycles. The van der Waals surface area contributed by atoms with Crippen molar-refractivity contribution in [2.45, 2.75) is 59.2 Å². The van der Waals surface area contributed by atoms with Crippen molar-refractivity contribution in [3.05, 3.63) is 0 Å². The maximum atomic E-state index is 12.2. The molecule has 0 bridgehead atoms. The van der Waals surface area contributed by atoms with E-state index >= 15 is 0 Å². The van der Waals surface area contributed by atoms with Crippen LogP contribution in [-0.4, -0.2) is 18.8 Å². The highest BCUT2D eigenvalue weighted by molar-refractivity contribution is 4.76. The van der Waals surface area contributed by atoms with Crippen LogP contribution < -0.4 is 5.32 Å². The summed E-state index contributed by atoms with van der Waals surface area (Å²) in [6.07, 6.45) is -3.59. The van der Waals surface area contributed by atoms with Crippen LogP contribution in [0.15, 0.2) is 0 Å². The molecule has 0 radical (unpaired) electrons. The van der Waals surface area contributed by atoms with Gasteiger partial charge in [-0.1, -0.05) is 27.7 Å². The summed E-state index contributed by atoms with van der Waals surface area (Å²) in [6, 6.07) is -0.0263. The molecule has 0 aliphatic carbocycles. The highest BCUT2D eigenvalue weighted by Gasteiger charge is 2.30. The molecule has 0 spiro atoms. The van der Waals surface area contributed by atoms with Gasteiger partial charge >= 0.3 is 6.18 Å². The fourth-order valence-electron chi connectivity index (χ4n) is 1.66. The molecule has 0 aliphatic rings. The molecule has 2 unspecified atom stereocenters. The van der Waals surface area contributed by atoms with Gasteiger partial charge in [0.2, 0.25) is 0 Å². The van der Waals surface area contributed by atoms with Gasteiger partial charge in [0.25, 0.3) is 0 Å². The Balaban J connectivity index is 4.20. The molecule has 0 aromatic heterocycles. The third kappa shape index (κ3) is 7.09. The summed E-state index contributed by atoms with van der Waals surface area (Å²) in [5.74, 6) is 0.677. The summed E-state index contributed by atoms with van der Waals surface area (Å²) in [6.45, 7) is 8.94. The second-order valence-corrected chi connectivity index (χ2v) is 4.82. The molecule has 16 heavy (non-hydrogen) atoms. The van der Waals surface area contributed by atoms with E-state index in [9.17, 15) is 13.2 Å². The molecule has 0 saturated heterocycles. The third-order valence-electron chi connectivity index (χ3n) is 3.08. The number of hydrogen-bond donors (Lipinski definition) is 1. The summed E-state index contributed by atoms with van der Waals surface area (Å²) < 4.78 is 36.5. The van der Waals surface area contributed by atoms with Crippen molar-refractivity contribution in [1.29, 1.82) is 0 Å². The molecule has 0 fully saturated rings. The van der Waals surface area contributed by atoms with Crippen LogP contribution in [0.5, 0.6) is 0 Å². The zero-order valence-corrected chi connectivity index (χ0v) is 10.7. The Hall–Kier alpha value is -0.250. The number of nitrogens with one attached hydrogen (secondary N) is 1. The zero-order chi connectivity index (χ0) is 12.8. The Bertz CT molecular complexity index is 178. The summed E-state index contributed by atoms with van der Waals surface area (Å²) >= 11 is 0. The second kappa shape index (κ2) is 7.15. The predicted octanol–water partition coefficient (Wildman–Crippen LogP) is 3.99. The van der Waals surface area contributed by atoms with Crippen molar-refractivity contribution in [2.24, 2.45) is 11.8 Å². The van der Waals surface area contributed by atoms with Crippen LogP contribution in [0.25, 0.3) is 0 Å². The molecule has 0 aromatic carbocycles. The van der Waals surface area contributed by atoms with Gasteiger partial charge in [-0.05, 0) is 31.2 Å². The Morgan fingerprint density at radius 1 is 1.12 bits per heavy atom. The van der Waals surface area contributed by atoms with Crippen LogP contribution in [0.2, 0.25) is 0 Å². The van der Waals surface area contributed by atoms with Gasteiger partial charge in [0.05, 0.1) is 0 Å². The summed E-state index contributed by atoms with van der Waals surface area (Å²) in [5, 5.41) is 3.22. The van der Waals surface area contributed by atoms with Crippen LogP contribution >= 0.6 is 0 Å². The molecule has 0 saturated carbocycles. The van der Waals surface area contributed by atoms with Gasteiger partial charge in [-0.15, -0.1) is 0 Å². The lowest BCUT2D eigenvalue weighted by molar-refractivity contribution is -0.137. The average molecular weight is 239 g/mol. The standard InChI is InChI=1S/C12H24F3N/c1-5-8-16-11(10(4)9(2)3)6-7-12(13,14)15/h9-11,16H,5-8H2,1-4H3. The highest BCUT2D eigenvalue weighted by atomic mass is 19.4. The molecule has 0 amide bonds. The molecule has 0 aliphatic heterocycles. The zero-order valence-electron chi connectivity index (χ0n) is 10.7. The largest absolute Gasteiger partial charge is 0.389 e. The molecule has 98 valence electrons. The van der Waals surface area contributed by atoms with Crippen LogP contribution in [0.3, 0.4) is 0 Å². The van der Waals surface area contributed by atoms with Gasteiger partial charge < -0.3 is 5.32 Å². The minimum Gasteiger partial charge on any atom is -0.314 e. The Morgan fingerprint density at radius 2 is 1.69 bits per heavy atom. The van der Waals surface area contributed by atoms with E-state index in [1.165, 1.54) is 0 Å². The van der Waals surface area contributed by atoms with E-state index < -0.39 is 12.6 Å². The molecule has 4 heteroatoms. The molecule has 1 N–H and O–H groups in total. The van der Waals surface area contributed by atoms with E-state index in [1.807, 2.05) is 13.8 Å². The highest BCUT2D eigenvalue weighted by Crippen LogP contribution is 2.26. The lowest BCUT2D eigenvalue weighted by Crippen LogP contribution is -2.38. The van der Waals surface area contributed by atoms with Gasteiger partial charge in [0.1, 0.15) is 0 Å². The Morgan fingerprint density at radius 3 is 2.06 bits per heavy atom. The molecule has 0 rings (SSSR count). The van der Waals surface area contributed by atoms with E-state index in [0.717, 1.165) is 13.0 Å². The van der Waals surface area contributed by atoms with E-state index in [0.29, 0.717) is 5.92 Å². The molecular weight excluding hydrogens is 215 g/mol. The normalized spacial score (nSPS) is 16.5. The van der Waals surface area contributed by atoms with E-state index in [2.05, 4.69) is 19.2 Å². The first-order valence-corrected chi connectivity index (χ1v) is 6.08. The summed E-state index contributed by atoms with van der Waals surface area (Å²) in [5.41, 5.74) is 0. The Kier molecular flexibility index (Phi) is 7.04. The Labute approximate surface area is 96.8 Å². The summed E-state index contributed by atoms with van der Waals surface area (Å²) in [4.78, 5) is 0.